The molecule has 3 aromatic rings. The van der Waals surface area contributed by atoms with E-state index in [4.69, 9.17) is 15.5 Å². The van der Waals surface area contributed by atoms with Gasteiger partial charge in [-0.2, -0.15) is 9.65 Å². The van der Waals surface area contributed by atoms with E-state index in [0.717, 1.165) is 12.5 Å². The summed E-state index contributed by atoms with van der Waals surface area (Å²) < 4.78 is 50.4. The monoisotopic (exact) mass is 626 g/mol. The molecule has 230 valence electrons. The number of carboxylic acid groups (broad SMARTS) is 2. The molecule has 0 bridgehead atoms. The average molecular weight is 627 g/mol. The summed E-state index contributed by atoms with van der Waals surface area (Å²) in [6.45, 7) is 5.69. The number of pyridine rings is 3. The normalized spacial score (nSPS) is 26.4. The number of carbonyl (C=O) groups is 2. The summed E-state index contributed by atoms with van der Waals surface area (Å²) in [6, 6.07) is 9.95. The molecule has 3 N–H and O–H groups in total. The van der Waals surface area contributed by atoms with Crippen molar-refractivity contribution in [1.29, 1.82) is 5.26 Å². The molecule has 3 aromatic heterocycles. The number of hydrogen-bond donors (Lipinski definition) is 2. The van der Waals surface area contributed by atoms with E-state index in [1.165, 1.54) is 48.9 Å². The molecule has 6 unspecified atom stereocenters. The van der Waals surface area contributed by atoms with Gasteiger partial charge in [0.25, 0.3) is 0 Å². The first-order valence-corrected chi connectivity index (χ1v) is 13.2. The van der Waals surface area contributed by atoms with Gasteiger partial charge in [0.05, 0.1) is 17.5 Å². The van der Waals surface area contributed by atoms with Crippen LogP contribution in [0.15, 0.2) is 55.0 Å². The summed E-state index contributed by atoms with van der Waals surface area (Å²) in [7, 11) is 0. The first kappa shape index (κ1) is 38.6. The average Bonchev–Trinajstić information content (AvgIpc) is 3.90. The Morgan fingerprint density at radius 2 is 1.14 bits per heavy atom. The molecule has 6 rings (SSSR count). The molecular weight excluding hydrogens is 595 g/mol. The van der Waals surface area contributed by atoms with E-state index in [1.54, 1.807) is 13.8 Å². The van der Waals surface area contributed by atoms with Gasteiger partial charge in [0.2, 0.25) is 5.95 Å². The largest absolute Gasteiger partial charge is 1.00 e. The van der Waals surface area contributed by atoms with E-state index in [9.17, 15) is 27.2 Å². The van der Waals surface area contributed by atoms with Crippen LogP contribution in [0.3, 0.4) is 0 Å². The van der Waals surface area contributed by atoms with Crippen molar-refractivity contribution in [2.75, 3.05) is 0 Å². The van der Waals surface area contributed by atoms with Crippen molar-refractivity contribution in [3.8, 4) is 6.07 Å². The maximum absolute atomic E-state index is 13.3. The van der Waals surface area contributed by atoms with Crippen LogP contribution in [0, 0.1) is 58.4 Å². The zero-order valence-electron chi connectivity index (χ0n) is 24.6. The fourth-order valence-electron chi connectivity index (χ4n) is 4.60. The van der Waals surface area contributed by atoms with Gasteiger partial charge in [-0.3, -0.25) is 19.6 Å². The Morgan fingerprint density at radius 1 is 0.795 bits per heavy atom. The molecule has 0 aliphatic heterocycles. The molecule has 14 heteroatoms. The Kier molecular flexibility index (Phi) is 14.1. The predicted octanol–water partition coefficient (Wildman–Crippen LogP) is 2.52. The van der Waals surface area contributed by atoms with E-state index in [1.807, 2.05) is 0 Å². The maximum atomic E-state index is 13.3. The molecule has 0 radical (unpaired) electrons. The van der Waals surface area contributed by atoms with Gasteiger partial charge in [0, 0.05) is 24.5 Å². The van der Waals surface area contributed by atoms with Crippen molar-refractivity contribution >= 4 is 11.9 Å². The summed E-state index contributed by atoms with van der Waals surface area (Å²) >= 11 is 0. The molecule has 44 heavy (non-hydrogen) atoms. The van der Waals surface area contributed by atoms with Crippen molar-refractivity contribution < 1.29 is 72.4 Å². The summed E-state index contributed by atoms with van der Waals surface area (Å²) in [5.41, 5.74) is -2.02. The van der Waals surface area contributed by atoms with Gasteiger partial charge in [0.1, 0.15) is 22.5 Å². The number of aromatic nitrogens is 3. The van der Waals surface area contributed by atoms with E-state index in [0.29, 0.717) is 24.7 Å². The third kappa shape index (κ3) is 8.59. The number of nitrogens with zero attached hydrogens (tertiary/aromatic N) is 4. The van der Waals surface area contributed by atoms with Gasteiger partial charge in [-0.15, -0.1) is 0 Å². The van der Waals surface area contributed by atoms with Crippen LogP contribution in [0.5, 0.6) is 0 Å². The summed E-state index contributed by atoms with van der Waals surface area (Å²) in [4.78, 5) is 32.8. The minimum absolute atomic E-state index is 0. The molecule has 3 fully saturated rings. The van der Waals surface area contributed by atoms with Gasteiger partial charge < -0.3 is 15.7 Å². The van der Waals surface area contributed by atoms with Gasteiger partial charge in [0.15, 0.2) is 5.82 Å². The minimum Gasteiger partial charge on any atom is -0.870 e. The van der Waals surface area contributed by atoms with Crippen LogP contribution in [0.25, 0.3) is 0 Å². The third-order valence-electron chi connectivity index (χ3n) is 7.73. The maximum Gasteiger partial charge on any atom is 1.00 e. The zero-order chi connectivity index (χ0) is 31.2. The summed E-state index contributed by atoms with van der Waals surface area (Å²) in [6.07, 6.45) is 6.11. The number of halogens is 4. The Balaban J connectivity index is 0.000000304. The fraction of sp³-hybridized carbons (Fsp3) is 0.400. The molecule has 9 nitrogen and oxygen atoms in total. The molecular formula is C30H31F4N4NaO5. The number of rotatable bonds is 4. The number of aliphatic carboxylic acids is 2. The van der Waals surface area contributed by atoms with Crippen molar-refractivity contribution in [2.24, 2.45) is 23.7 Å². The van der Waals surface area contributed by atoms with Gasteiger partial charge in [-0.05, 0) is 73.4 Å². The Morgan fingerprint density at radius 3 is 1.32 bits per heavy atom. The molecule has 0 amide bonds. The molecule has 0 spiro atoms. The van der Waals surface area contributed by atoms with Crippen LogP contribution in [-0.2, 0) is 20.4 Å². The molecule has 6 atom stereocenters. The van der Waals surface area contributed by atoms with Crippen molar-refractivity contribution in [1.82, 2.24) is 15.0 Å². The van der Waals surface area contributed by atoms with Crippen molar-refractivity contribution in [2.45, 2.75) is 50.9 Å². The Labute approximate surface area is 274 Å². The van der Waals surface area contributed by atoms with E-state index < -0.39 is 46.2 Å². The molecule has 0 saturated heterocycles. The minimum atomic E-state index is -1.08. The van der Waals surface area contributed by atoms with Crippen LogP contribution >= 0.6 is 0 Å². The second kappa shape index (κ2) is 16.0. The molecule has 3 aliphatic rings. The van der Waals surface area contributed by atoms with Crippen LogP contribution in [0.4, 0.5) is 17.6 Å². The molecule has 0 aromatic carbocycles. The number of carboxylic acids is 2. The first-order chi connectivity index (χ1) is 19.8. The number of nitriles is 1. The van der Waals surface area contributed by atoms with Gasteiger partial charge in [-0.25, -0.2) is 18.2 Å². The topological polar surface area (TPSA) is 167 Å². The number of hydrogen-bond acceptors (Lipinski definition) is 7. The van der Waals surface area contributed by atoms with E-state index in [2.05, 4.69) is 27.9 Å². The van der Waals surface area contributed by atoms with Crippen molar-refractivity contribution in [3.05, 3.63) is 89.8 Å². The first-order valence-electron chi connectivity index (χ1n) is 13.2. The molecule has 3 heterocycles. The fourth-order valence-corrected chi connectivity index (χ4v) is 4.60. The summed E-state index contributed by atoms with van der Waals surface area (Å²) in [5, 5.41) is 26.2. The van der Waals surface area contributed by atoms with E-state index >= 15 is 0 Å². The summed E-state index contributed by atoms with van der Waals surface area (Å²) in [5.74, 6) is -3.95. The van der Waals surface area contributed by atoms with Gasteiger partial charge >= 0.3 is 41.5 Å². The smallest absolute Gasteiger partial charge is 0.870 e. The van der Waals surface area contributed by atoms with Crippen LogP contribution in [-0.4, -0.2) is 42.6 Å². The van der Waals surface area contributed by atoms with Crippen molar-refractivity contribution in [3.63, 3.8) is 0 Å². The Bertz CT molecular complexity index is 1400. The van der Waals surface area contributed by atoms with Crippen LogP contribution in [0.1, 0.15) is 51.4 Å². The standard InChI is InChI=1S/2C10H10FNO2.C5H3F2N.C5H7N.Na.H2O/c2*1-6-5-10(6,9(13)14)8-7(11)3-2-4-12-8;6-4-2-1-3-8-5(4)7;1-4-2-5(4)3-6;;/h2*2-4,6H,5H2,1H3,(H,13,14);1-3H;4-5H,2H2,1H3;;1H2/q;;;;+1;/p-1. The quantitative estimate of drug-likeness (QED) is 0.251. The second-order valence-electron chi connectivity index (χ2n) is 10.7. The zero-order valence-corrected chi connectivity index (χ0v) is 26.6. The van der Waals surface area contributed by atoms with Crippen LogP contribution in [0.2, 0.25) is 0 Å². The van der Waals surface area contributed by atoms with Gasteiger partial charge in [-0.1, -0.05) is 20.8 Å². The third-order valence-corrected chi connectivity index (χ3v) is 7.73. The SMILES string of the molecule is CC1CC1(C(=O)O)c1ncccc1F.CC1CC1(C(=O)O)c1ncccc1F.CC1CC1C#N.Fc1cccnc1F.[Na+].[OH-]. The predicted molar refractivity (Wildman–Crippen MR) is 144 cm³/mol. The van der Waals surface area contributed by atoms with Crippen LogP contribution < -0.4 is 29.6 Å². The molecule has 3 saturated carbocycles. The Hall–Kier alpha value is -3.44. The molecule has 3 aliphatic carbocycles. The van der Waals surface area contributed by atoms with E-state index in [-0.39, 0.29) is 58.3 Å². The second-order valence-corrected chi connectivity index (χ2v) is 10.7.